The largest absolute Gasteiger partial charge is 0.364 e. The molecule has 8 rings (SSSR count). The van der Waals surface area contributed by atoms with Gasteiger partial charge in [-0.15, -0.1) is 0 Å². The molecule has 0 spiro atoms. The van der Waals surface area contributed by atoms with Gasteiger partial charge in [0, 0.05) is 35.0 Å². The number of nitrogens with zero attached hydrogens (tertiary/aromatic N) is 9. The van der Waals surface area contributed by atoms with Crippen molar-refractivity contribution in [3.8, 4) is 40.2 Å². The molecule has 6 N–H and O–H groups in total. The minimum atomic E-state index is -0.577. The summed E-state index contributed by atoms with van der Waals surface area (Å²) in [6, 6.07) is 36.0. The maximum Gasteiger partial charge on any atom is 0.267 e. The summed E-state index contributed by atoms with van der Waals surface area (Å²) in [5.41, 5.74) is 24.3. The maximum atomic E-state index is 11.4. The summed E-state index contributed by atoms with van der Waals surface area (Å²) in [4.78, 5) is 29.1. The first-order valence-electron chi connectivity index (χ1n) is 15.9. The molecule has 51 heavy (non-hydrogen) atoms. The van der Waals surface area contributed by atoms with Crippen molar-refractivity contribution in [3.63, 3.8) is 0 Å². The van der Waals surface area contributed by atoms with E-state index in [0.717, 1.165) is 55.7 Å². The molecular weight excluding hydrogens is 641 g/mol. The lowest BCUT2D eigenvalue weighted by atomic mass is 10.1. The molecule has 0 radical (unpaired) electrons. The van der Waals surface area contributed by atoms with Gasteiger partial charge in [0.15, 0.2) is 11.6 Å². The number of carbonyl (C=O) groups is 1. The van der Waals surface area contributed by atoms with Crippen molar-refractivity contribution in [2.24, 2.45) is 17.2 Å². The summed E-state index contributed by atoms with van der Waals surface area (Å²) in [7, 11) is 0. The summed E-state index contributed by atoms with van der Waals surface area (Å²) in [5.74, 6) is 0.554. The van der Waals surface area contributed by atoms with E-state index in [1.807, 2.05) is 78.9 Å². The predicted molar refractivity (Wildman–Crippen MR) is 193 cm³/mol. The van der Waals surface area contributed by atoms with Gasteiger partial charge in [-0.05, 0) is 60.7 Å². The van der Waals surface area contributed by atoms with Gasteiger partial charge in [0.05, 0.1) is 46.2 Å². The predicted octanol–water partition coefficient (Wildman–Crippen LogP) is 4.85. The Hall–Kier alpha value is -7.14. The Morgan fingerprint density at radius 1 is 0.627 bits per heavy atom. The molecule has 248 valence electrons. The highest BCUT2D eigenvalue weighted by Crippen LogP contribution is 2.26. The Morgan fingerprint density at radius 2 is 1.14 bits per heavy atom. The van der Waals surface area contributed by atoms with Crippen LogP contribution in [0.4, 0.5) is 0 Å². The van der Waals surface area contributed by atoms with Crippen LogP contribution >= 0.6 is 0 Å². The Bertz CT molecular complexity index is 2580. The van der Waals surface area contributed by atoms with Crippen molar-refractivity contribution < 1.29 is 4.79 Å². The van der Waals surface area contributed by atoms with Crippen LogP contribution in [0.2, 0.25) is 0 Å². The van der Waals surface area contributed by atoms with Gasteiger partial charge < -0.3 is 17.2 Å². The van der Waals surface area contributed by atoms with Crippen LogP contribution in [0.3, 0.4) is 0 Å². The number of aromatic nitrogens is 8. The van der Waals surface area contributed by atoms with E-state index in [1.54, 1.807) is 52.1 Å². The number of fused-ring (bicyclic) bond motifs is 2. The second-order valence-corrected chi connectivity index (χ2v) is 11.3. The molecular formula is C38H30N12O. The van der Waals surface area contributed by atoms with E-state index in [2.05, 4.69) is 36.2 Å². The number of carbonyl (C=O) groups excluding carboxylic acids is 1. The number of nitrogens with two attached hydrogens (primary N) is 3. The maximum absolute atomic E-state index is 11.4. The van der Waals surface area contributed by atoms with E-state index in [4.69, 9.17) is 22.5 Å². The van der Waals surface area contributed by atoms with Crippen LogP contribution in [0.15, 0.2) is 122 Å². The topological polar surface area (TPSA) is 206 Å². The average Bonchev–Trinajstić information content (AvgIpc) is 3.82. The standard InChI is InChI=1S/C19H16N6O.C19H14N6/c20-10-14-3-1-4-15(23-14)12-7-8-13-11-22-25(17(13)9-12)18-6-2-5-16(24-18)19(21)26;20-10-15-3-1-5-17(23-15)13-7-8-14-12-22-25(18(14)9-13)19-6-2-4-16(11-21)24-19/h1-9,11H,10,20H2,(H2,21,26);1-9,12H,10,20H2. The molecule has 0 saturated carbocycles. The van der Waals surface area contributed by atoms with E-state index in [-0.39, 0.29) is 5.69 Å². The van der Waals surface area contributed by atoms with Gasteiger partial charge in [0.1, 0.15) is 17.5 Å². The normalized spacial score (nSPS) is 10.8. The van der Waals surface area contributed by atoms with E-state index < -0.39 is 5.91 Å². The van der Waals surface area contributed by atoms with Gasteiger partial charge in [-0.25, -0.2) is 19.3 Å². The molecule has 8 aromatic rings. The number of primary amides is 1. The summed E-state index contributed by atoms with van der Waals surface area (Å²) < 4.78 is 3.41. The van der Waals surface area contributed by atoms with Crippen molar-refractivity contribution in [3.05, 3.63) is 144 Å². The van der Waals surface area contributed by atoms with Crippen LogP contribution in [0.25, 0.3) is 56.0 Å². The fraction of sp³-hybridized carbons (Fsp3) is 0.0526. The van der Waals surface area contributed by atoms with Crippen LogP contribution in [-0.2, 0) is 13.1 Å². The van der Waals surface area contributed by atoms with Crippen molar-refractivity contribution in [2.75, 3.05) is 0 Å². The molecule has 13 nitrogen and oxygen atoms in total. The summed E-state index contributed by atoms with van der Waals surface area (Å²) in [6.07, 6.45) is 3.53. The SMILES string of the molecule is N#Cc1cccc(-n2ncc3ccc(-c4cccc(CN)n4)cc32)n1.NCc1cccc(-c2ccc3cnn(-c4cccc(C(N)=O)n4)c3c2)n1. The third-order valence-electron chi connectivity index (χ3n) is 8.03. The third kappa shape index (κ3) is 6.76. The zero-order valence-corrected chi connectivity index (χ0v) is 27.1. The van der Waals surface area contributed by atoms with E-state index in [0.29, 0.717) is 30.4 Å². The number of amides is 1. The number of benzene rings is 2. The molecule has 0 aliphatic rings. The highest BCUT2D eigenvalue weighted by Gasteiger charge is 2.12. The molecule has 0 unspecified atom stereocenters. The first-order chi connectivity index (χ1) is 24.9. The van der Waals surface area contributed by atoms with E-state index >= 15 is 0 Å². The third-order valence-corrected chi connectivity index (χ3v) is 8.03. The minimum Gasteiger partial charge on any atom is -0.364 e. The van der Waals surface area contributed by atoms with E-state index in [9.17, 15) is 4.79 Å². The molecule has 0 aliphatic carbocycles. The number of hydrogen-bond donors (Lipinski definition) is 3. The van der Waals surface area contributed by atoms with Crippen LogP contribution < -0.4 is 17.2 Å². The molecule has 0 aliphatic heterocycles. The van der Waals surface area contributed by atoms with Crippen molar-refractivity contribution in [1.29, 1.82) is 5.26 Å². The Labute approximate surface area is 291 Å². The van der Waals surface area contributed by atoms with Crippen LogP contribution in [0.1, 0.15) is 27.6 Å². The van der Waals surface area contributed by atoms with Gasteiger partial charge in [-0.3, -0.25) is 14.8 Å². The zero-order valence-electron chi connectivity index (χ0n) is 27.1. The molecule has 0 atom stereocenters. The smallest absolute Gasteiger partial charge is 0.267 e. The lowest BCUT2D eigenvalue weighted by Gasteiger charge is -2.06. The summed E-state index contributed by atoms with van der Waals surface area (Å²) in [5, 5.41) is 19.8. The van der Waals surface area contributed by atoms with Gasteiger partial charge >= 0.3 is 0 Å². The number of rotatable bonds is 7. The molecule has 2 aromatic carbocycles. The summed E-state index contributed by atoms with van der Waals surface area (Å²) in [6.45, 7) is 0.788. The van der Waals surface area contributed by atoms with Crippen LogP contribution in [0, 0.1) is 11.3 Å². The van der Waals surface area contributed by atoms with Gasteiger partial charge in [0.25, 0.3) is 5.91 Å². The van der Waals surface area contributed by atoms with Gasteiger partial charge in [0.2, 0.25) is 0 Å². The summed E-state index contributed by atoms with van der Waals surface area (Å²) >= 11 is 0. The molecule has 6 heterocycles. The second-order valence-electron chi connectivity index (χ2n) is 11.3. The molecule has 6 aromatic heterocycles. The van der Waals surface area contributed by atoms with Crippen LogP contribution in [-0.4, -0.2) is 45.4 Å². The fourth-order valence-corrected chi connectivity index (χ4v) is 5.51. The van der Waals surface area contributed by atoms with Crippen LogP contribution in [0.5, 0.6) is 0 Å². The second kappa shape index (κ2) is 14.1. The Morgan fingerprint density at radius 3 is 1.65 bits per heavy atom. The van der Waals surface area contributed by atoms with Crippen molar-refractivity contribution in [1.82, 2.24) is 39.5 Å². The van der Waals surface area contributed by atoms with E-state index in [1.165, 1.54) is 0 Å². The molecule has 1 amide bonds. The van der Waals surface area contributed by atoms with Gasteiger partial charge in [-0.2, -0.15) is 15.5 Å². The fourth-order valence-electron chi connectivity index (χ4n) is 5.51. The van der Waals surface area contributed by atoms with Crippen molar-refractivity contribution in [2.45, 2.75) is 13.1 Å². The highest BCUT2D eigenvalue weighted by atomic mass is 16.1. The Kier molecular flexibility index (Phi) is 8.99. The first kappa shape index (κ1) is 32.4. The molecule has 0 fully saturated rings. The number of hydrogen-bond acceptors (Lipinski definition) is 10. The molecule has 0 bridgehead atoms. The van der Waals surface area contributed by atoms with Gasteiger partial charge in [-0.1, -0.05) is 48.5 Å². The zero-order chi connectivity index (χ0) is 35.3. The quantitative estimate of drug-likeness (QED) is 0.210. The molecule has 13 heteroatoms. The van der Waals surface area contributed by atoms with Crippen molar-refractivity contribution >= 4 is 27.7 Å². The highest BCUT2D eigenvalue weighted by molar-refractivity contribution is 5.91. The first-order valence-corrected chi connectivity index (χ1v) is 15.9. The number of nitriles is 1. The lowest BCUT2D eigenvalue weighted by molar-refractivity contribution is 0.0995. The minimum absolute atomic E-state index is 0.194. The Balaban J connectivity index is 0.000000159. The molecule has 0 saturated heterocycles. The average molecular weight is 671 g/mol. The monoisotopic (exact) mass is 670 g/mol. The number of pyridine rings is 4. The lowest BCUT2D eigenvalue weighted by Crippen LogP contribution is -2.14.